The Labute approximate surface area is 144 Å². The van der Waals surface area contributed by atoms with E-state index in [1.54, 1.807) is 26.3 Å². The SMILES string of the molecule is CO[C@H]1C[C@H](c2nnc(C)o2)N(Cc2cc(F)cc3cccnc23)C1. The summed E-state index contributed by atoms with van der Waals surface area (Å²) in [6.45, 7) is 3.03. The van der Waals surface area contributed by atoms with Crippen molar-refractivity contribution in [1.29, 1.82) is 0 Å². The van der Waals surface area contributed by atoms with Gasteiger partial charge in [0.2, 0.25) is 11.8 Å². The standard InChI is InChI=1S/C18H19FN4O2/c1-11-21-22-18(25-11)16-8-15(24-2)10-23(16)9-13-7-14(19)6-12-4-3-5-20-17(12)13/h3-7,15-16H,8-10H2,1-2H3/t15-,16+/m0/s1. The van der Waals surface area contributed by atoms with Crippen molar-refractivity contribution in [1.82, 2.24) is 20.1 Å². The van der Waals surface area contributed by atoms with E-state index in [2.05, 4.69) is 20.1 Å². The van der Waals surface area contributed by atoms with E-state index in [1.165, 1.54) is 6.07 Å². The summed E-state index contributed by atoms with van der Waals surface area (Å²) in [5, 5.41) is 8.89. The first kappa shape index (κ1) is 16.1. The number of nitrogens with zero attached hydrogens (tertiary/aromatic N) is 4. The third-order valence-corrected chi connectivity index (χ3v) is 4.65. The molecule has 1 aromatic carbocycles. The molecular weight excluding hydrogens is 323 g/mol. The molecule has 3 aromatic rings. The van der Waals surface area contributed by atoms with Crippen LogP contribution >= 0.6 is 0 Å². The Hall–Kier alpha value is -2.38. The van der Waals surface area contributed by atoms with E-state index in [9.17, 15) is 4.39 Å². The highest BCUT2D eigenvalue weighted by Gasteiger charge is 2.36. The Bertz CT molecular complexity index is 898. The molecule has 0 unspecified atom stereocenters. The quantitative estimate of drug-likeness (QED) is 0.726. The molecule has 0 amide bonds. The van der Waals surface area contributed by atoms with Crippen LogP contribution in [0.15, 0.2) is 34.9 Å². The lowest BCUT2D eigenvalue weighted by Gasteiger charge is -2.22. The van der Waals surface area contributed by atoms with E-state index in [0.717, 1.165) is 22.9 Å². The van der Waals surface area contributed by atoms with Crippen LogP contribution in [0.2, 0.25) is 0 Å². The Balaban J connectivity index is 1.68. The van der Waals surface area contributed by atoms with Crippen molar-refractivity contribution in [3.8, 4) is 0 Å². The van der Waals surface area contributed by atoms with E-state index in [-0.39, 0.29) is 18.0 Å². The Morgan fingerprint density at radius 1 is 1.36 bits per heavy atom. The number of halogens is 1. The molecule has 2 atom stereocenters. The molecule has 25 heavy (non-hydrogen) atoms. The van der Waals surface area contributed by atoms with Gasteiger partial charge in [0.05, 0.1) is 17.7 Å². The fourth-order valence-electron chi connectivity index (χ4n) is 3.48. The maximum atomic E-state index is 14.0. The van der Waals surface area contributed by atoms with Gasteiger partial charge in [-0.15, -0.1) is 10.2 Å². The van der Waals surface area contributed by atoms with Crippen molar-refractivity contribution in [3.05, 3.63) is 53.6 Å². The molecular formula is C18H19FN4O2. The Kier molecular flexibility index (Phi) is 4.19. The molecule has 0 bridgehead atoms. The minimum atomic E-state index is -0.261. The van der Waals surface area contributed by atoms with Gasteiger partial charge < -0.3 is 9.15 Å². The van der Waals surface area contributed by atoms with Gasteiger partial charge >= 0.3 is 0 Å². The number of rotatable bonds is 4. The topological polar surface area (TPSA) is 64.3 Å². The number of aromatic nitrogens is 3. The minimum Gasteiger partial charge on any atom is -0.424 e. The monoisotopic (exact) mass is 342 g/mol. The smallest absolute Gasteiger partial charge is 0.233 e. The van der Waals surface area contributed by atoms with E-state index < -0.39 is 0 Å². The zero-order valence-electron chi connectivity index (χ0n) is 14.1. The van der Waals surface area contributed by atoms with Crippen molar-refractivity contribution in [2.24, 2.45) is 0 Å². The molecule has 7 heteroatoms. The highest BCUT2D eigenvalue weighted by Crippen LogP contribution is 2.34. The summed E-state index contributed by atoms with van der Waals surface area (Å²) in [7, 11) is 1.70. The molecule has 6 nitrogen and oxygen atoms in total. The van der Waals surface area contributed by atoms with Gasteiger partial charge in [0.1, 0.15) is 5.82 Å². The third-order valence-electron chi connectivity index (χ3n) is 4.65. The number of likely N-dealkylation sites (tertiary alicyclic amines) is 1. The summed E-state index contributed by atoms with van der Waals surface area (Å²) >= 11 is 0. The molecule has 130 valence electrons. The van der Waals surface area contributed by atoms with E-state index >= 15 is 0 Å². The fraction of sp³-hybridized carbons (Fsp3) is 0.389. The average Bonchev–Trinajstić information content (AvgIpc) is 3.20. The Morgan fingerprint density at radius 3 is 3.00 bits per heavy atom. The zero-order chi connectivity index (χ0) is 17.4. The zero-order valence-corrected chi connectivity index (χ0v) is 14.1. The molecule has 0 radical (unpaired) electrons. The maximum Gasteiger partial charge on any atom is 0.233 e. The highest BCUT2D eigenvalue weighted by molar-refractivity contribution is 5.81. The third kappa shape index (κ3) is 3.12. The summed E-state index contributed by atoms with van der Waals surface area (Å²) in [4.78, 5) is 6.61. The van der Waals surface area contributed by atoms with E-state index in [4.69, 9.17) is 9.15 Å². The van der Waals surface area contributed by atoms with Crippen molar-refractivity contribution in [2.75, 3.05) is 13.7 Å². The van der Waals surface area contributed by atoms with Gasteiger partial charge in [-0.2, -0.15) is 0 Å². The largest absolute Gasteiger partial charge is 0.424 e. The number of aryl methyl sites for hydroxylation is 1. The van der Waals surface area contributed by atoms with Crippen molar-refractivity contribution in [2.45, 2.75) is 32.0 Å². The van der Waals surface area contributed by atoms with Crippen LogP contribution in [0.5, 0.6) is 0 Å². The van der Waals surface area contributed by atoms with Gasteiger partial charge in [0.25, 0.3) is 0 Å². The normalized spacial score (nSPS) is 21.2. The lowest BCUT2D eigenvalue weighted by molar-refractivity contribution is 0.107. The molecule has 2 aromatic heterocycles. The summed E-state index contributed by atoms with van der Waals surface area (Å²) in [5.41, 5.74) is 1.65. The second-order valence-corrected chi connectivity index (χ2v) is 6.34. The van der Waals surface area contributed by atoms with Crippen LogP contribution < -0.4 is 0 Å². The predicted molar refractivity (Wildman–Crippen MR) is 89.3 cm³/mol. The molecule has 0 spiro atoms. The van der Waals surface area contributed by atoms with E-state index in [0.29, 0.717) is 24.9 Å². The van der Waals surface area contributed by atoms with Gasteiger partial charge in [-0.25, -0.2) is 4.39 Å². The van der Waals surface area contributed by atoms with Gasteiger partial charge in [0, 0.05) is 38.7 Å². The molecule has 0 aliphatic carbocycles. The molecule has 0 N–H and O–H groups in total. The lowest BCUT2D eigenvalue weighted by atomic mass is 10.1. The first-order chi connectivity index (χ1) is 12.1. The first-order valence-corrected chi connectivity index (χ1v) is 8.24. The van der Waals surface area contributed by atoms with Gasteiger partial charge in [-0.1, -0.05) is 6.07 Å². The second-order valence-electron chi connectivity index (χ2n) is 6.34. The van der Waals surface area contributed by atoms with Crippen LogP contribution in [0, 0.1) is 12.7 Å². The van der Waals surface area contributed by atoms with Crippen molar-refractivity contribution < 1.29 is 13.5 Å². The Morgan fingerprint density at radius 2 is 2.24 bits per heavy atom. The van der Waals surface area contributed by atoms with Gasteiger partial charge in [-0.3, -0.25) is 9.88 Å². The molecule has 0 saturated carbocycles. The van der Waals surface area contributed by atoms with Crippen LogP contribution in [-0.2, 0) is 11.3 Å². The second kappa shape index (κ2) is 6.50. The van der Waals surface area contributed by atoms with E-state index in [1.807, 2.05) is 12.1 Å². The van der Waals surface area contributed by atoms with Crippen molar-refractivity contribution >= 4 is 10.9 Å². The van der Waals surface area contributed by atoms with Crippen LogP contribution in [0.1, 0.15) is 29.8 Å². The number of ether oxygens (including phenoxy) is 1. The van der Waals surface area contributed by atoms with Crippen LogP contribution in [0.3, 0.4) is 0 Å². The predicted octanol–water partition coefficient (Wildman–Crippen LogP) is 3.03. The molecule has 1 saturated heterocycles. The maximum absolute atomic E-state index is 14.0. The number of methoxy groups -OCH3 is 1. The summed E-state index contributed by atoms with van der Waals surface area (Å²) < 4.78 is 25.2. The minimum absolute atomic E-state index is 0.0480. The average molecular weight is 342 g/mol. The summed E-state index contributed by atoms with van der Waals surface area (Å²) in [5.74, 6) is 0.850. The number of hydrogen-bond donors (Lipinski definition) is 0. The van der Waals surface area contributed by atoms with Crippen LogP contribution in [-0.4, -0.2) is 39.8 Å². The fourth-order valence-corrected chi connectivity index (χ4v) is 3.48. The summed E-state index contributed by atoms with van der Waals surface area (Å²) in [6.07, 6.45) is 2.56. The highest BCUT2D eigenvalue weighted by atomic mass is 19.1. The molecule has 4 rings (SSSR count). The van der Waals surface area contributed by atoms with Gasteiger partial charge in [0.15, 0.2) is 0 Å². The number of benzene rings is 1. The van der Waals surface area contributed by atoms with Crippen LogP contribution in [0.25, 0.3) is 10.9 Å². The lowest BCUT2D eigenvalue weighted by Crippen LogP contribution is -2.25. The number of pyridine rings is 1. The van der Waals surface area contributed by atoms with Gasteiger partial charge in [-0.05, 0) is 30.2 Å². The molecule has 1 fully saturated rings. The number of hydrogen-bond acceptors (Lipinski definition) is 6. The van der Waals surface area contributed by atoms with Crippen molar-refractivity contribution in [3.63, 3.8) is 0 Å². The number of fused-ring (bicyclic) bond motifs is 1. The molecule has 3 heterocycles. The first-order valence-electron chi connectivity index (χ1n) is 8.24. The summed E-state index contributed by atoms with van der Waals surface area (Å²) in [6, 6.07) is 6.69. The van der Waals surface area contributed by atoms with Crippen LogP contribution in [0.4, 0.5) is 4.39 Å². The molecule has 1 aliphatic heterocycles. The molecule has 1 aliphatic rings.